The van der Waals surface area contributed by atoms with Crippen LogP contribution in [0.1, 0.15) is 4.88 Å². The van der Waals surface area contributed by atoms with Crippen LogP contribution in [0, 0.1) is 0 Å². The molecule has 5 aromatic rings. The number of halogens is 2. The van der Waals surface area contributed by atoms with Crippen LogP contribution in [0.3, 0.4) is 0 Å². The van der Waals surface area contributed by atoms with Crippen LogP contribution in [0.4, 0.5) is 0 Å². The van der Waals surface area contributed by atoms with Crippen LogP contribution in [0.5, 0.6) is 0 Å². The molecule has 0 bridgehead atoms. The molecule has 0 amide bonds. The Hall–Kier alpha value is -2.55. The summed E-state index contributed by atoms with van der Waals surface area (Å²) in [6.45, 7) is 0. The number of rotatable bonds is 3. The van der Waals surface area contributed by atoms with Crippen molar-refractivity contribution in [2.24, 2.45) is 5.10 Å². The van der Waals surface area contributed by atoms with Crippen LogP contribution in [0.25, 0.3) is 33.5 Å². The van der Waals surface area contributed by atoms with Gasteiger partial charge in [0.05, 0.1) is 17.1 Å². The monoisotopic (exact) mass is 527 g/mol. The number of benzene rings is 2. The normalized spacial score (nSPS) is 11.8. The standard InChI is InChI=1S/C21H11Br2N3O2S/c22-13-5-6-18-12(7-13)8-19(28-18)20-25-17-4-2-1-3-16(17)21(27)26(20)24-10-15-9-14(23)11-29-15/h1-11H. The molecule has 0 atom stereocenters. The lowest BCUT2D eigenvalue weighted by molar-refractivity contribution is 0.616. The van der Waals surface area contributed by atoms with E-state index >= 15 is 0 Å². The van der Waals surface area contributed by atoms with E-state index < -0.39 is 0 Å². The van der Waals surface area contributed by atoms with Gasteiger partial charge in [-0.15, -0.1) is 11.3 Å². The highest BCUT2D eigenvalue weighted by Gasteiger charge is 2.16. The molecule has 0 saturated carbocycles. The van der Waals surface area contributed by atoms with E-state index in [2.05, 4.69) is 41.9 Å². The smallest absolute Gasteiger partial charge is 0.282 e. The fourth-order valence-electron chi connectivity index (χ4n) is 3.03. The van der Waals surface area contributed by atoms with Crippen LogP contribution in [0.15, 0.2) is 83.2 Å². The summed E-state index contributed by atoms with van der Waals surface area (Å²) >= 11 is 8.43. The average Bonchev–Trinajstić information content (AvgIpc) is 3.32. The third-order valence-corrected chi connectivity index (χ3v) is 6.46. The van der Waals surface area contributed by atoms with E-state index in [0.29, 0.717) is 28.1 Å². The molecule has 3 heterocycles. The summed E-state index contributed by atoms with van der Waals surface area (Å²) in [4.78, 5) is 18.8. The maximum Gasteiger partial charge on any atom is 0.282 e. The minimum Gasteiger partial charge on any atom is -0.453 e. The van der Waals surface area contributed by atoms with E-state index in [1.54, 1.807) is 12.3 Å². The molecule has 29 heavy (non-hydrogen) atoms. The summed E-state index contributed by atoms with van der Waals surface area (Å²) < 4.78 is 9.20. The third kappa shape index (κ3) is 3.48. The first kappa shape index (κ1) is 18.5. The van der Waals surface area contributed by atoms with Crippen molar-refractivity contribution in [2.75, 3.05) is 0 Å². The maximum atomic E-state index is 13.2. The predicted octanol–water partition coefficient (Wildman–Crippen LogP) is 6.28. The van der Waals surface area contributed by atoms with Crippen molar-refractivity contribution in [1.29, 1.82) is 0 Å². The molecule has 2 aromatic carbocycles. The summed E-state index contributed by atoms with van der Waals surface area (Å²) in [5.74, 6) is 0.832. The number of hydrogen-bond donors (Lipinski definition) is 0. The molecule has 0 unspecified atom stereocenters. The van der Waals surface area contributed by atoms with Gasteiger partial charge in [0.1, 0.15) is 5.58 Å². The second-order valence-electron chi connectivity index (χ2n) is 6.27. The molecule has 0 spiro atoms. The van der Waals surface area contributed by atoms with Gasteiger partial charge in [-0.1, -0.05) is 28.1 Å². The first-order valence-corrected chi connectivity index (χ1v) is 11.0. The Kier molecular flexibility index (Phi) is 4.69. The van der Waals surface area contributed by atoms with E-state index in [4.69, 9.17) is 4.42 Å². The number of nitrogens with zero attached hydrogens (tertiary/aromatic N) is 3. The predicted molar refractivity (Wildman–Crippen MR) is 124 cm³/mol. The van der Waals surface area contributed by atoms with Crippen LogP contribution in [0.2, 0.25) is 0 Å². The summed E-state index contributed by atoms with van der Waals surface area (Å²) in [6.07, 6.45) is 1.65. The van der Waals surface area contributed by atoms with Gasteiger partial charge in [-0.05, 0) is 58.4 Å². The molecule has 0 fully saturated rings. The second kappa shape index (κ2) is 7.37. The van der Waals surface area contributed by atoms with Gasteiger partial charge < -0.3 is 4.42 Å². The van der Waals surface area contributed by atoms with Gasteiger partial charge in [0.15, 0.2) is 5.76 Å². The Morgan fingerprint density at radius 3 is 2.76 bits per heavy atom. The molecule has 142 valence electrons. The van der Waals surface area contributed by atoms with Crippen molar-refractivity contribution in [2.45, 2.75) is 0 Å². The number of thiophene rings is 1. The number of hydrogen-bond acceptors (Lipinski definition) is 5. The van der Waals surface area contributed by atoms with Crippen molar-refractivity contribution >= 4 is 71.3 Å². The van der Waals surface area contributed by atoms with E-state index in [1.165, 1.54) is 16.0 Å². The summed E-state index contributed by atoms with van der Waals surface area (Å²) in [5.41, 5.74) is 1.06. The van der Waals surface area contributed by atoms with Gasteiger partial charge >= 0.3 is 0 Å². The van der Waals surface area contributed by atoms with Crippen molar-refractivity contribution in [3.05, 3.63) is 84.2 Å². The molecule has 0 radical (unpaired) electrons. The summed E-state index contributed by atoms with van der Waals surface area (Å²) in [7, 11) is 0. The van der Waals surface area contributed by atoms with Gasteiger partial charge in [0.2, 0.25) is 5.82 Å². The van der Waals surface area contributed by atoms with E-state index in [0.717, 1.165) is 19.2 Å². The van der Waals surface area contributed by atoms with Crippen molar-refractivity contribution in [3.63, 3.8) is 0 Å². The summed E-state index contributed by atoms with van der Waals surface area (Å²) in [6, 6.07) is 16.8. The maximum absolute atomic E-state index is 13.2. The topological polar surface area (TPSA) is 60.4 Å². The number of para-hydroxylation sites is 1. The van der Waals surface area contributed by atoms with E-state index in [-0.39, 0.29) is 5.56 Å². The largest absolute Gasteiger partial charge is 0.453 e. The van der Waals surface area contributed by atoms with Crippen LogP contribution >= 0.6 is 43.2 Å². The molecule has 0 aliphatic rings. The zero-order valence-electron chi connectivity index (χ0n) is 14.7. The second-order valence-corrected chi connectivity index (χ2v) is 9.05. The third-order valence-electron chi connectivity index (χ3n) is 4.34. The highest BCUT2D eigenvalue weighted by Crippen LogP contribution is 2.29. The minimum absolute atomic E-state index is 0.251. The van der Waals surface area contributed by atoms with Crippen molar-refractivity contribution in [3.8, 4) is 11.6 Å². The Morgan fingerprint density at radius 1 is 1.07 bits per heavy atom. The molecule has 8 heteroatoms. The average molecular weight is 529 g/mol. The summed E-state index contributed by atoms with van der Waals surface area (Å²) in [5, 5.41) is 7.81. The molecule has 3 aromatic heterocycles. The first-order valence-electron chi connectivity index (χ1n) is 8.58. The van der Waals surface area contributed by atoms with Gasteiger partial charge in [-0.2, -0.15) is 9.78 Å². The lowest BCUT2D eigenvalue weighted by atomic mass is 10.2. The molecule has 5 nitrogen and oxygen atoms in total. The molecule has 0 saturated heterocycles. The zero-order valence-corrected chi connectivity index (χ0v) is 18.7. The molecule has 5 rings (SSSR count). The van der Waals surface area contributed by atoms with Crippen LogP contribution < -0.4 is 5.56 Å². The Morgan fingerprint density at radius 2 is 1.93 bits per heavy atom. The SMILES string of the molecule is O=c1c2ccccc2nc(-c2cc3cc(Br)ccc3o2)n1N=Cc1cc(Br)cs1. The zero-order chi connectivity index (χ0) is 20.0. The van der Waals surface area contributed by atoms with Crippen LogP contribution in [-0.2, 0) is 0 Å². The van der Waals surface area contributed by atoms with Gasteiger partial charge in [0.25, 0.3) is 5.56 Å². The van der Waals surface area contributed by atoms with Gasteiger partial charge in [0, 0.05) is 24.6 Å². The molecular formula is C21H11Br2N3O2S. The fraction of sp³-hybridized carbons (Fsp3) is 0. The molecular weight excluding hydrogens is 518 g/mol. The van der Waals surface area contributed by atoms with Gasteiger partial charge in [-0.25, -0.2) is 4.98 Å². The minimum atomic E-state index is -0.251. The lowest BCUT2D eigenvalue weighted by Crippen LogP contribution is -2.20. The van der Waals surface area contributed by atoms with E-state index in [9.17, 15) is 4.79 Å². The Bertz CT molecular complexity index is 1470. The number of aromatic nitrogens is 2. The van der Waals surface area contributed by atoms with Crippen LogP contribution in [-0.4, -0.2) is 15.9 Å². The Labute approximate surface area is 185 Å². The number of fused-ring (bicyclic) bond motifs is 2. The van der Waals surface area contributed by atoms with Crippen molar-refractivity contribution in [1.82, 2.24) is 9.66 Å². The quantitative estimate of drug-likeness (QED) is 0.259. The number of furan rings is 1. The molecule has 0 aliphatic heterocycles. The lowest BCUT2D eigenvalue weighted by Gasteiger charge is -2.06. The molecule has 0 N–H and O–H groups in total. The molecule has 0 aliphatic carbocycles. The highest BCUT2D eigenvalue weighted by atomic mass is 79.9. The first-order chi connectivity index (χ1) is 14.1. The highest BCUT2D eigenvalue weighted by molar-refractivity contribution is 9.10. The van der Waals surface area contributed by atoms with Gasteiger partial charge in [-0.3, -0.25) is 4.79 Å². The van der Waals surface area contributed by atoms with E-state index in [1.807, 2.05) is 53.9 Å². The Balaban J connectivity index is 1.75. The van der Waals surface area contributed by atoms with Crippen molar-refractivity contribution < 1.29 is 4.42 Å². The fourth-order valence-corrected chi connectivity index (χ4v) is 4.70.